The first-order valence-electron chi connectivity index (χ1n) is 5.57. The van der Waals surface area contributed by atoms with Gasteiger partial charge < -0.3 is 9.84 Å². The maximum Gasteiger partial charge on any atom is 0.304 e. The molecule has 0 saturated heterocycles. The summed E-state index contributed by atoms with van der Waals surface area (Å²) in [6.45, 7) is 0.532. The third-order valence-corrected chi connectivity index (χ3v) is 3.78. The highest BCUT2D eigenvalue weighted by Crippen LogP contribution is 2.52. The number of carbonyl (C=O) groups is 1. The molecule has 0 unspecified atom stereocenters. The summed E-state index contributed by atoms with van der Waals surface area (Å²) >= 11 is 3.45. The van der Waals surface area contributed by atoms with Crippen molar-refractivity contribution < 1.29 is 14.6 Å². The first-order valence-corrected chi connectivity index (χ1v) is 6.36. The van der Waals surface area contributed by atoms with Gasteiger partial charge in [0.05, 0.1) is 13.0 Å². The second-order valence-corrected chi connectivity index (χ2v) is 5.50. The van der Waals surface area contributed by atoms with E-state index in [2.05, 4.69) is 15.9 Å². The summed E-state index contributed by atoms with van der Waals surface area (Å²) in [5.41, 5.74) is 2.05. The predicted molar refractivity (Wildman–Crippen MR) is 68.0 cm³/mol. The number of halogens is 1. The minimum absolute atomic E-state index is 0.163. The summed E-state index contributed by atoms with van der Waals surface area (Å²) < 4.78 is 6.16. The molecule has 0 bridgehead atoms. The second kappa shape index (κ2) is 4.78. The second-order valence-electron chi connectivity index (χ2n) is 4.59. The van der Waals surface area contributed by atoms with Gasteiger partial charge in [-0.2, -0.15) is 0 Å². The summed E-state index contributed by atoms with van der Waals surface area (Å²) in [5.74, 6) is -0.731. The number of hydrogen-bond donors (Lipinski definition) is 1. The standard InChI is InChI=1S/C13H15BrO3/c1-17-8-9-2-3-10(14)6-11(9)13(4-5-13)7-12(15)16/h2-3,6H,4-5,7-8H2,1H3,(H,15,16). The molecule has 0 radical (unpaired) electrons. The Kier molecular flexibility index (Phi) is 3.54. The highest BCUT2D eigenvalue weighted by molar-refractivity contribution is 9.10. The van der Waals surface area contributed by atoms with Gasteiger partial charge in [-0.15, -0.1) is 0 Å². The summed E-state index contributed by atoms with van der Waals surface area (Å²) in [7, 11) is 1.66. The zero-order chi connectivity index (χ0) is 12.5. The van der Waals surface area contributed by atoms with Crippen molar-refractivity contribution in [1.82, 2.24) is 0 Å². The molecule has 0 aliphatic heterocycles. The third kappa shape index (κ3) is 2.69. The minimum Gasteiger partial charge on any atom is -0.481 e. The van der Waals surface area contributed by atoms with Gasteiger partial charge >= 0.3 is 5.97 Å². The van der Waals surface area contributed by atoms with Gasteiger partial charge in [-0.05, 0) is 36.1 Å². The van der Waals surface area contributed by atoms with Crippen LogP contribution in [0.1, 0.15) is 30.4 Å². The fraction of sp³-hybridized carbons (Fsp3) is 0.462. The highest BCUT2D eigenvalue weighted by Gasteiger charge is 2.47. The first kappa shape index (κ1) is 12.6. The van der Waals surface area contributed by atoms with Gasteiger partial charge in [-0.1, -0.05) is 22.0 Å². The van der Waals surface area contributed by atoms with E-state index in [1.807, 2.05) is 18.2 Å². The monoisotopic (exact) mass is 298 g/mol. The molecule has 0 heterocycles. The van der Waals surface area contributed by atoms with Crippen molar-refractivity contribution in [2.24, 2.45) is 0 Å². The van der Waals surface area contributed by atoms with Crippen LogP contribution in [0.5, 0.6) is 0 Å². The Hall–Kier alpha value is -0.870. The van der Waals surface area contributed by atoms with E-state index in [-0.39, 0.29) is 11.8 Å². The number of methoxy groups -OCH3 is 1. The van der Waals surface area contributed by atoms with Crippen LogP contribution in [0.25, 0.3) is 0 Å². The Morgan fingerprint density at radius 2 is 2.24 bits per heavy atom. The van der Waals surface area contributed by atoms with Crippen LogP contribution < -0.4 is 0 Å². The van der Waals surface area contributed by atoms with Gasteiger partial charge in [0.15, 0.2) is 0 Å². The van der Waals surface area contributed by atoms with Crippen LogP contribution in [0.15, 0.2) is 22.7 Å². The quantitative estimate of drug-likeness (QED) is 0.908. The molecule has 3 nitrogen and oxygen atoms in total. The molecule has 0 amide bonds. The molecule has 4 heteroatoms. The Morgan fingerprint density at radius 1 is 1.53 bits per heavy atom. The lowest BCUT2D eigenvalue weighted by molar-refractivity contribution is -0.137. The van der Waals surface area contributed by atoms with E-state index in [0.717, 1.165) is 28.4 Å². The molecule has 1 aliphatic rings. The fourth-order valence-electron chi connectivity index (χ4n) is 2.31. The van der Waals surface area contributed by atoms with Gasteiger partial charge in [-0.25, -0.2) is 0 Å². The third-order valence-electron chi connectivity index (χ3n) is 3.29. The smallest absolute Gasteiger partial charge is 0.304 e. The molecule has 1 aromatic carbocycles. The number of rotatable bonds is 5. The normalized spacial score (nSPS) is 16.8. The summed E-state index contributed by atoms with van der Waals surface area (Å²) in [4.78, 5) is 10.9. The van der Waals surface area contributed by atoms with E-state index >= 15 is 0 Å². The van der Waals surface area contributed by atoms with Crippen molar-refractivity contribution in [2.75, 3.05) is 7.11 Å². The van der Waals surface area contributed by atoms with E-state index < -0.39 is 5.97 Å². The lowest BCUT2D eigenvalue weighted by Crippen LogP contribution is -2.15. The van der Waals surface area contributed by atoms with Crippen molar-refractivity contribution in [3.63, 3.8) is 0 Å². The van der Waals surface area contributed by atoms with Crippen molar-refractivity contribution >= 4 is 21.9 Å². The molecular weight excluding hydrogens is 284 g/mol. The van der Waals surface area contributed by atoms with Crippen LogP contribution in [-0.2, 0) is 21.6 Å². The van der Waals surface area contributed by atoms with Gasteiger partial charge in [0.1, 0.15) is 0 Å². The molecule has 0 atom stereocenters. The number of carboxylic acids is 1. The van der Waals surface area contributed by atoms with E-state index in [1.165, 1.54) is 0 Å². The van der Waals surface area contributed by atoms with E-state index in [1.54, 1.807) is 7.11 Å². The molecule has 1 aliphatic carbocycles. The summed E-state index contributed by atoms with van der Waals surface area (Å²) in [6.07, 6.45) is 2.11. The summed E-state index contributed by atoms with van der Waals surface area (Å²) in [6, 6.07) is 6.00. The van der Waals surface area contributed by atoms with Crippen LogP contribution in [0.4, 0.5) is 0 Å². The van der Waals surface area contributed by atoms with Crippen LogP contribution >= 0.6 is 15.9 Å². The Bertz CT molecular complexity index is 438. The topological polar surface area (TPSA) is 46.5 Å². The summed E-state index contributed by atoms with van der Waals surface area (Å²) in [5, 5.41) is 9.00. The molecule has 1 saturated carbocycles. The van der Waals surface area contributed by atoms with Gasteiger partial charge in [0.2, 0.25) is 0 Å². The minimum atomic E-state index is -0.731. The molecule has 0 spiro atoms. The van der Waals surface area contributed by atoms with Crippen molar-refractivity contribution in [3.05, 3.63) is 33.8 Å². The van der Waals surface area contributed by atoms with Crippen molar-refractivity contribution in [3.8, 4) is 0 Å². The van der Waals surface area contributed by atoms with Crippen LogP contribution in [-0.4, -0.2) is 18.2 Å². The molecule has 1 N–H and O–H groups in total. The maximum absolute atomic E-state index is 10.9. The molecule has 0 aromatic heterocycles. The van der Waals surface area contributed by atoms with Crippen molar-refractivity contribution in [1.29, 1.82) is 0 Å². The van der Waals surface area contributed by atoms with Gasteiger partial charge in [-0.3, -0.25) is 4.79 Å². The van der Waals surface area contributed by atoms with Gasteiger partial charge in [0.25, 0.3) is 0 Å². The Morgan fingerprint density at radius 3 is 2.76 bits per heavy atom. The molecule has 92 valence electrons. The molecular formula is C13H15BrO3. The Balaban J connectivity index is 2.36. The SMILES string of the molecule is COCc1ccc(Br)cc1C1(CC(=O)O)CC1. The average Bonchev–Trinajstić information content (AvgIpc) is 3.01. The van der Waals surface area contributed by atoms with E-state index in [4.69, 9.17) is 9.84 Å². The molecule has 1 fully saturated rings. The number of carboxylic acid groups (broad SMARTS) is 1. The number of benzene rings is 1. The van der Waals surface area contributed by atoms with Crippen LogP contribution in [0.2, 0.25) is 0 Å². The highest BCUT2D eigenvalue weighted by atomic mass is 79.9. The first-order chi connectivity index (χ1) is 8.07. The number of ether oxygens (including phenoxy) is 1. The van der Waals surface area contributed by atoms with E-state index in [9.17, 15) is 4.79 Å². The number of aliphatic carboxylic acids is 1. The lowest BCUT2D eigenvalue weighted by atomic mass is 9.89. The van der Waals surface area contributed by atoms with E-state index in [0.29, 0.717) is 6.61 Å². The molecule has 2 rings (SSSR count). The zero-order valence-electron chi connectivity index (χ0n) is 9.70. The average molecular weight is 299 g/mol. The number of hydrogen-bond acceptors (Lipinski definition) is 2. The maximum atomic E-state index is 10.9. The van der Waals surface area contributed by atoms with Crippen molar-refractivity contribution in [2.45, 2.75) is 31.3 Å². The largest absolute Gasteiger partial charge is 0.481 e. The molecule has 17 heavy (non-hydrogen) atoms. The van der Waals surface area contributed by atoms with Crippen LogP contribution in [0.3, 0.4) is 0 Å². The Labute approximate surface area is 109 Å². The van der Waals surface area contributed by atoms with Crippen LogP contribution in [0, 0.1) is 0 Å². The lowest BCUT2D eigenvalue weighted by Gasteiger charge is -2.18. The fourth-order valence-corrected chi connectivity index (χ4v) is 2.67. The predicted octanol–water partition coefficient (Wildman–Crippen LogP) is 3.10. The molecule has 1 aromatic rings. The zero-order valence-corrected chi connectivity index (χ0v) is 11.3. The van der Waals surface area contributed by atoms with Gasteiger partial charge in [0, 0.05) is 17.0 Å².